The van der Waals surface area contributed by atoms with Crippen molar-refractivity contribution in [2.45, 2.75) is 38.9 Å². The minimum Gasteiger partial charge on any atom is -0.352 e. The summed E-state index contributed by atoms with van der Waals surface area (Å²) in [6.07, 6.45) is 1.29. The summed E-state index contributed by atoms with van der Waals surface area (Å²) in [5.74, 6) is -0.290. The third-order valence-corrected chi connectivity index (χ3v) is 5.92. The predicted molar refractivity (Wildman–Crippen MR) is 122 cm³/mol. The van der Waals surface area contributed by atoms with E-state index in [9.17, 15) is 19.2 Å². The maximum absolute atomic E-state index is 12.8. The molecule has 1 N–H and O–H groups in total. The Labute approximate surface area is 185 Å². The summed E-state index contributed by atoms with van der Waals surface area (Å²) in [6.45, 7) is 2.91. The third kappa shape index (κ3) is 4.21. The molecular formula is C24H26N4O4. The number of benzene rings is 2. The first-order valence-electron chi connectivity index (χ1n) is 10.9. The molecule has 0 unspecified atom stereocenters. The number of hydrogen-bond acceptors (Lipinski definition) is 4. The monoisotopic (exact) mass is 434 g/mol. The molecule has 3 aromatic rings. The highest BCUT2D eigenvalue weighted by atomic mass is 16.2. The van der Waals surface area contributed by atoms with Crippen LogP contribution in [0.4, 0.5) is 0 Å². The van der Waals surface area contributed by atoms with E-state index >= 15 is 0 Å². The number of fused-ring (bicyclic) bond motifs is 1. The van der Waals surface area contributed by atoms with Gasteiger partial charge in [0.2, 0.25) is 5.91 Å². The molecule has 0 bridgehead atoms. The van der Waals surface area contributed by atoms with E-state index in [0.717, 1.165) is 4.57 Å². The Bertz CT molecular complexity index is 1250. The maximum Gasteiger partial charge on any atom is 0.331 e. The standard InChI is InChI=1S/C24H26N4O4/c1-2-27-23(31)19-10-6-7-11-20(19)28(24(27)32)16-21(29)25-18-12-14-26(15-13-18)22(30)17-8-4-3-5-9-17/h3-11,18H,2,12-16H2,1H3,(H,25,29). The van der Waals surface area contributed by atoms with Gasteiger partial charge in [0.1, 0.15) is 6.54 Å². The first kappa shape index (κ1) is 21.5. The molecule has 0 saturated carbocycles. The van der Waals surface area contributed by atoms with Gasteiger partial charge in [-0.05, 0) is 44.0 Å². The van der Waals surface area contributed by atoms with Gasteiger partial charge in [0.05, 0.1) is 10.9 Å². The fourth-order valence-corrected chi connectivity index (χ4v) is 4.21. The van der Waals surface area contributed by atoms with Crippen molar-refractivity contribution in [2.24, 2.45) is 0 Å². The molecule has 0 aliphatic carbocycles. The molecule has 0 atom stereocenters. The van der Waals surface area contributed by atoms with Crippen molar-refractivity contribution in [1.82, 2.24) is 19.4 Å². The molecule has 2 heterocycles. The second-order valence-corrected chi connectivity index (χ2v) is 7.94. The van der Waals surface area contributed by atoms with Crippen LogP contribution in [0.15, 0.2) is 64.2 Å². The van der Waals surface area contributed by atoms with E-state index in [1.165, 1.54) is 4.57 Å². The normalized spacial score (nSPS) is 14.5. The van der Waals surface area contributed by atoms with E-state index in [-0.39, 0.29) is 36.5 Å². The number of rotatable bonds is 5. The zero-order valence-electron chi connectivity index (χ0n) is 18.0. The van der Waals surface area contributed by atoms with Gasteiger partial charge < -0.3 is 10.2 Å². The lowest BCUT2D eigenvalue weighted by molar-refractivity contribution is -0.122. The number of piperidine rings is 1. The van der Waals surface area contributed by atoms with Crippen LogP contribution in [0.2, 0.25) is 0 Å². The van der Waals surface area contributed by atoms with Gasteiger partial charge >= 0.3 is 5.69 Å². The van der Waals surface area contributed by atoms with Gasteiger partial charge in [0.15, 0.2) is 0 Å². The summed E-state index contributed by atoms with van der Waals surface area (Å²) in [5, 5.41) is 3.40. The van der Waals surface area contributed by atoms with E-state index in [1.54, 1.807) is 48.2 Å². The smallest absolute Gasteiger partial charge is 0.331 e. The number of nitrogens with one attached hydrogen (secondary N) is 1. The number of carbonyl (C=O) groups is 2. The molecule has 8 heteroatoms. The van der Waals surface area contributed by atoms with Gasteiger partial charge in [0.25, 0.3) is 11.5 Å². The molecule has 4 rings (SSSR count). The van der Waals surface area contributed by atoms with Crippen LogP contribution in [0, 0.1) is 0 Å². The van der Waals surface area contributed by atoms with Crippen molar-refractivity contribution >= 4 is 22.7 Å². The fraction of sp³-hybridized carbons (Fsp3) is 0.333. The second kappa shape index (κ2) is 9.21. The van der Waals surface area contributed by atoms with E-state index in [2.05, 4.69) is 5.32 Å². The van der Waals surface area contributed by atoms with Crippen molar-refractivity contribution in [1.29, 1.82) is 0 Å². The zero-order valence-corrected chi connectivity index (χ0v) is 18.0. The van der Waals surface area contributed by atoms with E-state index < -0.39 is 5.69 Å². The zero-order chi connectivity index (χ0) is 22.7. The molecular weight excluding hydrogens is 408 g/mol. The molecule has 1 aliphatic rings. The first-order chi connectivity index (χ1) is 15.5. The summed E-state index contributed by atoms with van der Waals surface area (Å²) >= 11 is 0. The largest absolute Gasteiger partial charge is 0.352 e. The Kier molecular flexibility index (Phi) is 6.20. The molecule has 2 aromatic carbocycles. The van der Waals surface area contributed by atoms with Crippen LogP contribution in [0.1, 0.15) is 30.1 Å². The summed E-state index contributed by atoms with van der Waals surface area (Å²) in [6, 6.07) is 15.9. The predicted octanol–water partition coefficient (Wildman–Crippen LogP) is 1.60. The van der Waals surface area contributed by atoms with Crippen LogP contribution in [0.5, 0.6) is 0 Å². The number of amides is 2. The number of hydrogen-bond donors (Lipinski definition) is 1. The minimum atomic E-state index is -0.491. The molecule has 1 aromatic heterocycles. The number of para-hydroxylation sites is 1. The fourth-order valence-electron chi connectivity index (χ4n) is 4.21. The van der Waals surface area contributed by atoms with Crippen molar-refractivity contribution in [3.8, 4) is 0 Å². The van der Waals surface area contributed by atoms with Crippen LogP contribution >= 0.6 is 0 Å². The Morgan fingerprint density at radius 3 is 2.28 bits per heavy atom. The van der Waals surface area contributed by atoms with Crippen LogP contribution in [-0.2, 0) is 17.9 Å². The molecule has 32 heavy (non-hydrogen) atoms. The average Bonchev–Trinajstić information content (AvgIpc) is 2.83. The summed E-state index contributed by atoms with van der Waals surface area (Å²) in [7, 11) is 0. The van der Waals surface area contributed by atoms with Crippen LogP contribution in [0.25, 0.3) is 10.9 Å². The van der Waals surface area contributed by atoms with E-state index in [1.807, 2.05) is 18.2 Å². The number of likely N-dealkylation sites (tertiary alicyclic amines) is 1. The van der Waals surface area contributed by atoms with Crippen LogP contribution in [-0.4, -0.2) is 45.0 Å². The highest BCUT2D eigenvalue weighted by molar-refractivity contribution is 5.94. The van der Waals surface area contributed by atoms with Gasteiger partial charge in [0, 0.05) is 31.2 Å². The minimum absolute atomic E-state index is 0.00442. The van der Waals surface area contributed by atoms with Gasteiger partial charge in [-0.2, -0.15) is 0 Å². The van der Waals surface area contributed by atoms with Crippen LogP contribution < -0.4 is 16.6 Å². The first-order valence-corrected chi connectivity index (χ1v) is 10.9. The van der Waals surface area contributed by atoms with Crippen molar-refractivity contribution in [2.75, 3.05) is 13.1 Å². The van der Waals surface area contributed by atoms with Crippen LogP contribution in [0.3, 0.4) is 0 Å². The summed E-state index contributed by atoms with van der Waals surface area (Å²) in [5.41, 5.74) is 0.271. The number of nitrogens with zero attached hydrogens (tertiary/aromatic N) is 3. The molecule has 1 fully saturated rings. The highest BCUT2D eigenvalue weighted by Gasteiger charge is 2.25. The maximum atomic E-state index is 12.8. The lowest BCUT2D eigenvalue weighted by Crippen LogP contribution is -2.48. The van der Waals surface area contributed by atoms with Gasteiger partial charge in [-0.1, -0.05) is 30.3 Å². The molecule has 1 saturated heterocycles. The highest BCUT2D eigenvalue weighted by Crippen LogP contribution is 2.14. The molecule has 0 spiro atoms. The molecule has 0 radical (unpaired) electrons. The van der Waals surface area contributed by atoms with E-state index in [4.69, 9.17) is 0 Å². The quantitative estimate of drug-likeness (QED) is 0.660. The Hall–Kier alpha value is -3.68. The van der Waals surface area contributed by atoms with Crippen molar-refractivity contribution < 1.29 is 9.59 Å². The Balaban J connectivity index is 1.43. The molecule has 8 nitrogen and oxygen atoms in total. The molecule has 1 aliphatic heterocycles. The van der Waals surface area contributed by atoms with Crippen molar-refractivity contribution in [3.05, 3.63) is 81.0 Å². The summed E-state index contributed by atoms with van der Waals surface area (Å²) in [4.78, 5) is 52.5. The summed E-state index contributed by atoms with van der Waals surface area (Å²) < 4.78 is 2.49. The van der Waals surface area contributed by atoms with Gasteiger partial charge in [-0.3, -0.25) is 23.5 Å². The number of carbonyl (C=O) groups excluding carboxylic acids is 2. The van der Waals surface area contributed by atoms with E-state index in [0.29, 0.717) is 42.4 Å². The lowest BCUT2D eigenvalue weighted by atomic mass is 10.0. The van der Waals surface area contributed by atoms with Gasteiger partial charge in [-0.15, -0.1) is 0 Å². The Morgan fingerprint density at radius 2 is 1.59 bits per heavy atom. The number of aromatic nitrogens is 2. The molecule has 166 valence electrons. The van der Waals surface area contributed by atoms with Crippen molar-refractivity contribution in [3.63, 3.8) is 0 Å². The Morgan fingerprint density at radius 1 is 0.938 bits per heavy atom. The third-order valence-electron chi connectivity index (χ3n) is 5.92. The van der Waals surface area contributed by atoms with Gasteiger partial charge in [-0.25, -0.2) is 4.79 Å². The topological polar surface area (TPSA) is 93.4 Å². The lowest BCUT2D eigenvalue weighted by Gasteiger charge is -2.32. The average molecular weight is 434 g/mol. The SMILES string of the molecule is CCn1c(=O)c2ccccc2n(CC(=O)NC2CCN(C(=O)c3ccccc3)CC2)c1=O. The molecule has 2 amide bonds. The second-order valence-electron chi connectivity index (χ2n) is 7.94.